The van der Waals surface area contributed by atoms with Crippen LogP contribution in [0.5, 0.6) is 0 Å². The SMILES string of the molecule is C[N+](C)(C)CCCCCCC[N+]1(C)CCCCC1.[I-].[I-]. The molecule has 0 amide bonds. The highest BCUT2D eigenvalue weighted by Crippen LogP contribution is 2.17. The maximum atomic E-state index is 2.47. The van der Waals surface area contributed by atoms with Gasteiger partial charge in [-0.05, 0) is 44.9 Å². The number of piperidine rings is 1. The van der Waals surface area contributed by atoms with Crippen molar-refractivity contribution in [2.24, 2.45) is 0 Å². The molecule has 1 rings (SSSR count). The van der Waals surface area contributed by atoms with Crippen molar-refractivity contribution in [3.8, 4) is 0 Å². The summed E-state index contributed by atoms with van der Waals surface area (Å²) >= 11 is 0. The van der Waals surface area contributed by atoms with E-state index in [1.165, 1.54) is 82.0 Å². The molecule has 0 aromatic heterocycles. The molecule has 0 spiro atoms. The largest absolute Gasteiger partial charge is 1.00 e. The standard InChI is InChI=1S/C16H36N2.2HI/c1-17(2,3)13-9-6-5-7-10-14-18(4)15-11-8-12-16-18;;/h5-16H2,1-4H3;2*1H/q+2;;/p-2. The van der Waals surface area contributed by atoms with Crippen molar-refractivity contribution in [3.63, 3.8) is 0 Å². The highest BCUT2D eigenvalue weighted by molar-refractivity contribution is 4.52. The van der Waals surface area contributed by atoms with Crippen molar-refractivity contribution in [1.29, 1.82) is 0 Å². The highest BCUT2D eigenvalue weighted by Gasteiger charge is 2.23. The zero-order valence-corrected chi connectivity index (χ0v) is 18.5. The lowest BCUT2D eigenvalue weighted by atomic mass is 10.1. The van der Waals surface area contributed by atoms with Gasteiger partial charge in [0.15, 0.2) is 0 Å². The van der Waals surface area contributed by atoms with Gasteiger partial charge in [-0.3, -0.25) is 0 Å². The fourth-order valence-electron chi connectivity index (χ4n) is 3.11. The van der Waals surface area contributed by atoms with Gasteiger partial charge in [-0.2, -0.15) is 0 Å². The molecule has 0 bridgehead atoms. The third-order valence-electron chi connectivity index (χ3n) is 4.42. The molecule has 1 aliphatic rings. The second kappa shape index (κ2) is 11.9. The van der Waals surface area contributed by atoms with Crippen molar-refractivity contribution >= 4 is 0 Å². The number of halogens is 2. The minimum atomic E-state index is 0. The predicted molar refractivity (Wildman–Crippen MR) is 80.6 cm³/mol. The van der Waals surface area contributed by atoms with E-state index in [0.29, 0.717) is 0 Å². The summed E-state index contributed by atoms with van der Waals surface area (Å²) < 4.78 is 2.48. The predicted octanol–water partition coefficient (Wildman–Crippen LogP) is -2.72. The number of nitrogens with zero attached hydrogens (tertiary/aromatic N) is 2. The van der Waals surface area contributed by atoms with E-state index < -0.39 is 0 Å². The monoisotopic (exact) mass is 510 g/mol. The molecule has 1 saturated heterocycles. The number of unbranched alkanes of at least 4 members (excludes halogenated alkanes) is 4. The summed E-state index contributed by atoms with van der Waals surface area (Å²) in [5.41, 5.74) is 0. The van der Waals surface area contributed by atoms with Crippen LogP contribution < -0.4 is 48.0 Å². The van der Waals surface area contributed by atoms with Crippen LogP contribution in [0, 0.1) is 0 Å². The zero-order valence-electron chi connectivity index (χ0n) is 14.1. The van der Waals surface area contributed by atoms with Gasteiger partial charge in [-0.25, -0.2) is 0 Å². The molecule has 20 heavy (non-hydrogen) atoms. The maximum absolute atomic E-state index is 2.47. The molecule has 0 radical (unpaired) electrons. The van der Waals surface area contributed by atoms with Crippen molar-refractivity contribution in [1.82, 2.24) is 0 Å². The van der Waals surface area contributed by atoms with Gasteiger partial charge in [-0.1, -0.05) is 6.42 Å². The third-order valence-corrected chi connectivity index (χ3v) is 4.42. The van der Waals surface area contributed by atoms with Gasteiger partial charge in [0.25, 0.3) is 0 Å². The zero-order chi connectivity index (χ0) is 13.5. The molecule has 0 unspecified atom stereocenters. The normalized spacial score (nSPS) is 18.0. The van der Waals surface area contributed by atoms with Crippen molar-refractivity contribution in [2.75, 3.05) is 54.4 Å². The molecule has 0 aliphatic carbocycles. The van der Waals surface area contributed by atoms with E-state index in [4.69, 9.17) is 0 Å². The molecular weight excluding hydrogens is 474 g/mol. The van der Waals surface area contributed by atoms with Gasteiger partial charge in [0.2, 0.25) is 0 Å². The minimum Gasteiger partial charge on any atom is -1.00 e. The Kier molecular flexibility index (Phi) is 14.0. The molecule has 4 heteroatoms. The van der Waals surface area contributed by atoms with Crippen LogP contribution >= 0.6 is 0 Å². The summed E-state index contributed by atoms with van der Waals surface area (Å²) in [5.74, 6) is 0. The summed E-state index contributed by atoms with van der Waals surface area (Å²) in [4.78, 5) is 0. The average molecular weight is 510 g/mol. The lowest BCUT2D eigenvalue weighted by molar-refractivity contribution is -0.914. The van der Waals surface area contributed by atoms with E-state index in [-0.39, 0.29) is 48.0 Å². The first-order chi connectivity index (χ1) is 8.41. The van der Waals surface area contributed by atoms with Crippen LogP contribution in [0.2, 0.25) is 0 Å². The molecular formula is C16H36I2N2. The van der Waals surface area contributed by atoms with Crippen molar-refractivity contribution in [2.45, 2.75) is 51.4 Å². The Morgan fingerprint density at radius 3 is 1.80 bits per heavy atom. The van der Waals surface area contributed by atoms with E-state index in [1.54, 1.807) is 0 Å². The Bertz CT molecular complexity index is 221. The second-order valence-electron chi connectivity index (χ2n) is 7.63. The molecule has 0 atom stereocenters. The Hall–Kier alpha value is 1.38. The molecule has 1 aliphatic heterocycles. The first kappa shape index (κ1) is 23.6. The number of rotatable bonds is 8. The Morgan fingerprint density at radius 2 is 1.25 bits per heavy atom. The van der Waals surface area contributed by atoms with Crippen LogP contribution in [0.25, 0.3) is 0 Å². The lowest BCUT2D eigenvalue weighted by Gasteiger charge is -2.37. The summed E-state index contributed by atoms with van der Waals surface area (Å²) in [7, 11) is 9.35. The van der Waals surface area contributed by atoms with Crippen molar-refractivity contribution in [3.05, 3.63) is 0 Å². The van der Waals surface area contributed by atoms with E-state index >= 15 is 0 Å². The third kappa shape index (κ3) is 12.0. The van der Waals surface area contributed by atoms with Crippen LogP contribution in [0.3, 0.4) is 0 Å². The van der Waals surface area contributed by atoms with Crippen LogP contribution in [0.4, 0.5) is 0 Å². The topological polar surface area (TPSA) is 0 Å². The molecule has 2 nitrogen and oxygen atoms in total. The summed E-state index contributed by atoms with van der Waals surface area (Å²) in [6, 6.07) is 0. The van der Waals surface area contributed by atoms with Gasteiger partial charge >= 0.3 is 0 Å². The van der Waals surface area contributed by atoms with Crippen LogP contribution in [0.15, 0.2) is 0 Å². The number of quaternary nitrogens is 2. The van der Waals surface area contributed by atoms with E-state index in [2.05, 4.69) is 28.2 Å². The number of hydrogen-bond acceptors (Lipinski definition) is 0. The van der Waals surface area contributed by atoms with Crippen LogP contribution in [-0.4, -0.2) is 63.3 Å². The van der Waals surface area contributed by atoms with Gasteiger partial charge in [0, 0.05) is 0 Å². The maximum Gasteiger partial charge on any atom is 0.0784 e. The molecule has 0 aromatic rings. The van der Waals surface area contributed by atoms with Gasteiger partial charge in [-0.15, -0.1) is 0 Å². The van der Waals surface area contributed by atoms with E-state index in [1.807, 2.05) is 0 Å². The minimum absolute atomic E-state index is 0. The van der Waals surface area contributed by atoms with Crippen LogP contribution in [-0.2, 0) is 0 Å². The van der Waals surface area contributed by atoms with E-state index in [0.717, 1.165) is 4.48 Å². The first-order valence-corrected chi connectivity index (χ1v) is 8.05. The Labute approximate surface area is 161 Å². The quantitative estimate of drug-likeness (QED) is 0.189. The van der Waals surface area contributed by atoms with Gasteiger partial charge in [0.1, 0.15) is 0 Å². The summed E-state index contributed by atoms with van der Waals surface area (Å²) in [6.07, 6.45) is 11.6. The Morgan fingerprint density at radius 1 is 0.750 bits per heavy atom. The molecule has 1 fully saturated rings. The molecule has 0 aromatic carbocycles. The molecule has 124 valence electrons. The first-order valence-electron chi connectivity index (χ1n) is 8.05. The lowest BCUT2D eigenvalue weighted by Crippen LogP contribution is -3.00. The second-order valence-corrected chi connectivity index (χ2v) is 7.63. The summed E-state index contributed by atoms with van der Waals surface area (Å²) in [6.45, 7) is 5.62. The Balaban J connectivity index is 0. The molecule has 0 saturated carbocycles. The molecule has 1 heterocycles. The van der Waals surface area contributed by atoms with Gasteiger partial charge < -0.3 is 56.9 Å². The number of hydrogen-bond donors (Lipinski definition) is 0. The van der Waals surface area contributed by atoms with Crippen LogP contribution in [0.1, 0.15) is 51.4 Å². The van der Waals surface area contributed by atoms with Crippen molar-refractivity contribution < 1.29 is 56.9 Å². The average Bonchev–Trinajstić information content (AvgIpc) is 2.27. The van der Waals surface area contributed by atoms with Gasteiger partial charge in [0.05, 0.1) is 54.4 Å². The fraction of sp³-hybridized carbons (Fsp3) is 1.00. The summed E-state index contributed by atoms with van der Waals surface area (Å²) in [5, 5.41) is 0. The highest BCUT2D eigenvalue weighted by atomic mass is 127. The number of likely N-dealkylation sites (tertiary alicyclic amines) is 1. The smallest absolute Gasteiger partial charge is 0.0784 e. The van der Waals surface area contributed by atoms with E-state index in [9.17, 15) is 0 Å². The fourth-order valence-corrected chi connectivity index (χ4v) is 3.11. The molecule has 0 N–H and O–H groups in total.